The van der Waals surface area contributed by atoms with Crippen LogP contribution in [0.1, 0.15) is 67.7 Å². The van der Waals surface area contributed by atoms with Crippen LogP contribution in [-0.4, -0.2) is 16.1 Å². The number of nitrogens with one attached hydrogen (secondary N) is 1. The van der Waals surface area contributed by atoms with Crippen molar-refractivity contribution in [2.75, 3.05) is 0 Å². The molecule has 0 aliphatic heterocycles. The lowest BCUT2D eigenvalue weighted by Gasteiger charge is -2.17. The summed E-state index contributed by atoms with van der Waals surface area (Å²) >= 11 is 0. The van der Waals surface area contributed by atoms with Gasteiger partial charge in [-0.25, -0.2) is 4.98 Å². The Labute approximate surface area is 157 Å². The molecule has 2 N–H and O–H groups in total. The Hall–Kier alpha value is -1.91. The van der Waals surface area contributed by atoms with Crippen molar-refractivity contribution in [3.8, 4) is 11.6 Å². The highest BCUT2D eigenvalue weighted by molar-refractivity contribution is 5.46. The van der Waals surface area contributed by atoms with Crippen LogP contribution in [0.15, 0.2) is 24.3 Å². The van der Waals surface area contributed by atoms with Gasteiger partial charge in [0.25, 0.3) is 0 Å². The lowest BCUT2D eigenvalue weighted by Crippen LogP contribution is -2.27. The molecule has 1 unspecified atom stereocenters. The Balaban J connectivity index is 2.23. The van der Waals surface area contributed by atoms with Crippen LogP contribution in [0.3, 0.4) is 0 Å². The number of nitrogens with zero attached hydrogens (tertiary/aromatic N) is 1. The molecule has 2 aromatic rings. The topological polar surface area (TPSA) is 54.4 Å². The first-order valence-electron chi connectivity index (χ1n) is 9.52. The van der Waals surface area contributed by atoms with Crippen molar-refractivity contribution in [1.29, 1.82) is 0 Å². The van der Waals surface area contributed by atoms with Gasteiger partial charge in [-0.2, -0.15) is 0 Å². The molecule has 2 rings (SSSR count). The van der Waals surface area contributed by atoms with E-state index in [1.807, 2.05) is 39.0 Å². The summed E-state index contributed by atoms with van der Waals surface area (Å²) in [6.45, 7) is 12.9. The number of ether oxygens (including phenoxy) is 1. The zero-order valence-corrected chi connectivity index (χ0v) is 16.9. The van der Waals surface area contributed by atoms with Gasteiger partial charge in [-0.1, -0.05) is 19.9 Å². The first-order valence-corrected chi connectivity index (χ1v) is 9.52. The standard InChI is InChI=1S/C22H32N2O2/c1-7-19(8-2)23-13-20-10-9-14(3)22(24-20)26-21-15(4)11-18(17(6)25)12-16(21)5/h9-12,17,19,23,25H,7-8,13H2,1-6H3. The highest BCUT2D eigenvalue weighted by Crippen LogP contribution is 2.32. The van der Waals surface area contributed by atoms with E-state index in [1.165, 1.54) is 0 Å². The van der Waals surface area contributed by atoms with Gasteiger partial charge in [-0.05, 0) is 75.4 Å². The predicted octanol–water partition coefficient (Wildman–Crippen LogP) is 5.13. The molecule has 0 radical (unpaired) electrons. The van der Waals surface area contributed by atoms with Crippen molar-refractivity contribution >= 4 is 0 Å². The Kier molecular flexibility index (Phi) is 7.18. The Morgan fingerprint density at radius 2 is 1.65 bits per heavy atom. The summed E-state index contributed by atoms with van der Waals surface area (Å²) in [5.74, 6) is 1.46. The number of hydrogen-bond acceptors (Lipinski definition) is 4. The second-order valence-electron chi connectivity index (χ2n) is 7.08. The number of benzene rings is 1. The van der Waals surface area contributed by atoms with Gasteiger partial charge in [0, 0.05) is 18.2 Å². The molecule has 0 spiro atoms. The molecule has 0 saturated carbocycles. The summed E-state index contributed by atoms with van der Waals surface area (Å²) in [6, 6.07) is 8.57. The van der Waals surface area contributed by atoms with E-state index in [-0.39, 0.29) is 0 Å². The molecule has 0 fully saturated rings. The second kappa shape index (κ2) is 9.15. The van der Waals surface area contributed by atoms with Gasteiger partial charge in [-0.3, -0.25) is 0 Å². The third kappa shape index (κ3) is 5.05. The van der Waals surface area contributed by atoms with E-state index in [0.29, 0.717) is 11.9 Å². The number of aromatic nitrogens is 1. The maximum atomic E-state index is 9.82. The fourth-order valence-electron chi connectivity index (χ4n) is 3.06. The third-order valence-electron chi connectivity index (χ3n) is 4.83. The molecule has 1 aromatic heterocycles. The van der Waals surface area contributed by atoms with Crippen molar-refractivity contribution in [2.45, 2.75) is 73.1 Å². The van der Waals surface area contributed by atoms with Gasteiger partial charge in [0.1, 0.15) is 5.75 Å². The van der Waals surface area contributed by atoms with Gasteiger partial charge in [0.05, 0.1) is 11.8 Å². The lowest BCUT2D eigenvalue weighted by molar-refractivity contribution is 0.199. The number of aliphatic hydroxyl groups is 1. The zero-order valence-electron chi connectivity index (χ0n) is 16.9. The number of aliphatic hydroxyl groups excluding tert-OH is 1. The van der Waals surface area contributed by atoms with E-state index < -0.39 is 6.10 Å². The predicted molar refractivity (Wildman–Crippen MR) is 107 cm³/mol. The maximum absolute atomic E-state index is 9.82. The average molecular weight is 357 g/mol. The smallest absolute Gasteiger partial charge is 0.222 e. The Bertz CT molecular complexity index is 714. The molecule has 1 atom stereocenters. The minimum absolute atomic E-state index is 0.485. The highest BCUT2D eigenvalue weighted by Gasteiger charge is 2.13. The third-order valence-corrected chi connectivity index (χ3v) is 4.83. The van der Waals surface area contributed by atoms with Crippen LogP contribution in [0.5, 0.6) is 11.6 Å². The molecule has 0 aliphatic carbocycles. The summed E-state index contributed by atoms with van der Waals surface area (Å²) in [4.78, 5) is 4.71. The van der Waals surface area contributed by atoms with Gasteiger partial charge in [0.15, 0.2) is 0 Å². The van der Waals surface area contributed by atoms with Crippen LogP contribution in [0.4, 0.5) is 0 Å². The molecular formula is C22H32N2O2. The summed E-state index contributed by atoms with van der Waals surface area (Å²) in [7, 11) is 0. The van der Waals surface area contributed by atoms with E-state index in [4.69, 9.17) is 9.72 Å². The number of rotatable bonds is 8. The van der Waals surface area contributed by atoms with E-state index >= 15 is 0 Å². The monoisotopic (exact) mass is 356 g/mol. The average Bonchev–Trinajstić information content (AvgIpc) is 2.60. The van der Waals surface area contributed by atoms with Gasteiger partial charge >= 0.3 is 0 Å². The molecule has 4 nitrogen and oxygen atoms in total. The fourth-order valence-corrected chi connectivity index (χ4v) is 3.06. The van der Waals surface area contributed by atoms with Gasteiger partial charge in [0.2, 0.25) is 5.88 Å². The largest absolute Gasteiger partial charge is 0.438 e. The number of hydrogen-bond donors (Lipinski definition) is 2. The molecule has 0 aliphatic rings. The number of pyridine rings is 1. The summed E-state index contributed by atoms with van der Waals surface area (Å²) < 4.78 is 6.19. The highest BCUT2D eigenvalue weighted by atomic mass is 16.5. The SMILES string of the molecule is CCC(CC)NCc1ccc(C)c(Oc2c(C)cc(C(C)O)cc2C)n1. The van der Waals surface area contributed by atoms with Crippen molar-refractivity contribution < 1.29 is 9.84 Å². The Morgan fingerprint density at radius 3 is 2.19 bits per heavy atom. The molecule has 0 saturated heterocycles. The summed E-state index contributed by atoms with van der Waals surface area (Å²) in [6.07, 6.45) is 1.74. The van der Waals surface area contributed by atoms with Crippen molar-refractivity contribution in [2.24, 2.45) is 0 Å². The molecule has 1 aromatic carbocycles. The molecular weight excluding hydrogens is 324 g/mol. The zero-order chi connectivity index (χ0) is 19.3. The van der Waals surface area contributed by atoms with Gasteiger partial charge < -0.3 is 15.2 Å². The van der Waals surface area contributed by atoms with Crippen molar-refractivity contribution in [3.05, 3.63) is 52.2 Å². The fraction of sp³-hybridized carbons (Fsp3) is 0.500. The van der Waals surface area contributed by atoms with Crippen LogP contribution in [0.2, 0.25) is 0 Å². The molecule has 0 amide bonds. The lowest BCUT2D eigenvalue weighted by atomic mass is 10.0. The van der Waals surface area contributed by atoms with Crippen LogP contribution in [0.25, 0.3) is 0 Å². The van der Waals surface area contributed by atoms with Crippen LogP contribution >= 0.6 is 0 Å². The van der Waals surface area contributed by atoms with Crippen LogP contribution in [-0.2, 0) is 6.54 Å². The first kappa shape index (κ1) is 20.4. The van der Waals surface area contributed by atoms with E-state index in [1.54, 1.807) is 6.92 Å². The number of aryl methyl sites for hydroxylation is 3. The van der Waals surface area contributed by atoms with Crippen LogP contribution < -0.4 is 10.1 Å². The molecule has 1 heterocycles. The van der Waals surface area contributed by atoms with Crippen LogP contribution in [0, 0.1) is 20.8 Å². The second-order valence-corrected chi connectivity index (χ2v) is 7.08. The summed E-state index contributed by atoms with van der Waals surface area (Å²) in [5.41, 5.74) is 4.90. The minimum Gasteiger partial charge on any atom is -0.438 e. The molecule has 142 valence electrons. The summed E-state index contributed by atoms with van der Waals surface area (Å²) in [5, 5.41) is 13.4. The van der Waals surface area contributed by atoms with E-state index in [0.717, 1.165) is 53.1 Å². The minimum atomic E-state index is -0.485. The van der Waals surface area contributed by atoms with Crippen molar-refractivity contribution in [1.82, 2.24) is 10.3 Å². The van der Waals surface area contributed by atoms with Crippen molar-refractivity contribution in [3.63, 3.8) is 0 Å². The van der Waals surface area contributed by atoms with E-state index in [2.05, 4.69) is 25.2 Å². The van der Waals surface area contributed by atoms with E-state index in [9.17, 15) is 5.11 Å². The molecule has 0 bridgehead atoms. The normalized spacial score (nSPS) is 12.5. The molecule has 26 heavy (non-hydrogen) atoms. The maximum Gasteiger partial charge on any atom is 0.222 e. The molecule has 4 heteroatoms. The first-order chi connectivity index (χ1) is 12.3. The Morgan fingerprint density at radius 1 is 1.04 bits per heavy atom. The van der Waals surface area contributed by atoms with Gasteiger partial charge in [-0.15, -0.1) is 0 Å². The quantitative estimate of drug-likeness (QED) is 0.688.